The van der Waals surface area contributed by atoms with E-state index in [0.717, 1.165) is 38.2 Å². The van der Waals surface area contributed by atoms with Crippen LogP contribution in [-0.4, -0.2) is 52.6 Å². The third-order valence-electron chi connectivity index (χ3n) is 4.64. The molecular weight excluding hydrogens is 450 g/mol. The monoisotopic (exact) mass is 467 g/mol. The van der Waals surface area contributed by atoms with Crippen LogP contribution in [-0.2, 0) is 9.97 Å². The molecule has 3 rings (SSSR count). The summed E-state index contributed by atoms with van der Waals surface area (Å²) in [5.74, 6) is 0.183. The fraction of sp³-hybridized carbons (Fsp3) is 0.500. The zero-order chi connectivity index (χ0) is 21.2. The van der Waals surface area contributed by atoms with E-state index in [1.807, 2.05) is 4.90 Å². The van der Waals surface area contributed by atoms with Crippen molar-refractivity contribution in [2.75, 3.05) is 37.6 Å². The molecule has 0 unspecified atom stereocenters. The Hall–Kier alpha value is -1.35. The third-order valence-corrected chi connectivity index (χ3v) is 5.15. The summed E-state index contributed by atoms with van der Waals surface area (Å²) in [5, 5.41) is 0. The highest BCUT2D eigenvalue weighted by molar-refractivity contribution is 6.66. The maximum atomic E-state index is 13.1. The highest BCUT2D eigenvalue weighted by Gasteiger charge is 2.32. The molecule has 2 heterocycles. The fourth-order valence-electron chi connectivity index (χ4n) is 3.08. The minimum atomic E-state index is -4.49. The van der Waals surface area contributed by atoms with Crippen LogP contribution in [0.2, 0.25) is 0 Å². The van der Waals surface area contributed by atoms with Crippen LogP contribution in [0.4, 0.5) is 19.1 Å². The van der Waals surface area contributed by atoms with Crippen LogP contribution >= 0.6 is 34.8 Å². The first-order chi connectivity index (χ1) is 13.6. The molecule has 0 N–H and O–H groups in total. The number of likely N-dealkylation sites (N-methyl/N-ethyl adjacent to an activating group) is 1. The predicted molar refractivity (Wildman–Crippen MR) is 108 cm³/mol. The fourth-order valence-corrected chi connectivity index (χ4v) is 3.34. The Morgan fingerprint density at radius 1 is 1.00 bits per heavy atom. The normalized spacial score (nSPS) is 16.7. The molecule has 1 aliphatic heterocycles. The van der Waals surface area contributed by atoms with E-state index >= 15 is 0 Å². The largest absolute Gasteiger partial charge is 0.416 e. The Balaban J connectivity index is 2.03. The molecule has 1 aromatic carbocycles. The molecule has 11 heteroatoms. The van der Waals surface area contributed by atoms with Gasteiger partial charge in [0.05, 0.1) is 5.56 Å². The third kappa shape index (κ3) is 5.63. The van der Waals surface area contributed by atoms with E-state index in [1.165, 1.54) is 12.1 Å². The number of alkyl halides is 6. The van der Waals surface area contributed by atoms with E-state index in [0.29, 0.717) is 13.1 Å². The lowest BCUT2D eigenvalue weighted by atomic mass is 10.1. The van der Waals surface area contributed by atoms with Crippen molar-refractivity contribution >= 4 is 40.8 Å². The summed E-state index contributed by atoms with van der Waals surface area (Å²) in [6, 6.07) is 4.73. The number of benzene rings is 1. The highest BCUT2D eigenvalue weighted by atomic mass is 35.6. The minimum absolute atomic E-state index is 0.0269. The number of hydrogen-bond acceptors (Lipinski definition) is 5. The van der Waals surface area contributed by atoms with Gasteiger partial charge in [-0.3, -0.25) is 0 Å². The molecule has 0 amide bonds. The second-order valence-corrected chi connectivity index (χ2v) is 8.92. The number of aromatic nitrogens is 3. The molecule has 1 fully saturated rings. The Bertz CT molecular complexity index is 857. The van der Waals surface area contributed by atoms with Gasteiger partial charge in [-0.2, -0.15) is 23.1 Å². The summed E-state index contributed by atoms with van der Waals surface area (Å²) >= 11 is 17.9. The standard InChI is InChI=1S/C18H19Cl3F3N5/c1-2-28-7-4-8-29(10-9-28)16-26-14(25-15(27-16)17(19,20)21)12-5-3-6-13(11-12)18(22,23)24/h3,5-6,11H,2,4,7-10H2,1H3. The Morgan fingerprint density at radius 3 is 2.41 bits per heavy atom. The van der Waals surface area contributed by atoms with Gasteiger partial charge in [0.25, 0.3) is 0 Å². The molecule has 2 aromatic rings. The molecule has 0 radical (unpaired) electrons. The van der Waals surface area contributed by atoms with E-state index in [9.17, 15) is 13.2 Å². The van der Waals surface area contributed by atoms with Gasteiger partial charge < -0.3 is 9.80 Å². The first-order valence-corrected chi connectivity index (χ1v) is 10.2. The van der Waals surface area contributed by atoms with Gasteiger partial charge in [-0.05, 0) is 31.6 Å². The van der Waals surface area contributed by atoms with Gasteiger partial charge in [-0.1, -0.05) is 53.9 Å². The number of halogens is 6. The van der Waals surface area contributed by atoms with Crippen LogP contribution in [0, 0.1) is 0 Å². The molecule has 0 bridgehead atoms. The van der Waals surface area contributed by atoms with Gasteiger partial charge in [-0.25, -0.2) is 4.98 Å². The van der Waals surface area contributed by atoms with Gasteiger partial charge in [-0.15, -0.1) is 0 Å². The number of rotatable bonds is 3. The second-order valence-electron chi connectivity index (χ2n) is 6.63. The van der Waals surface area contributed by atoms with Gasteiger partial charge in [0.15, 0.2) is 11.6 Å². The molecular formula is C18H19Cl3F3N5. The van der Waals surface area contributed by atoms with Crippen molar-refractivity contribution in [2.24, 2.45) is 0 Å². The van der Waals surface area contributed by atoms with Gasteiger partial charge in [0, 0.05) is 25.2 Å². The molecule has 0 atom stereocenters. The molecule has 0 spiro atoms. The van der Waals surface area contributed by atoms with E-state index in [1.54, 1.807) is 0 Å². The molecule has 5 nitrogen and oxygen atoms in total. The average Bonchev–Trinajstić information content (AvgIpc) is 2.92. The summed E-state index contributed by atoms with van der Waals surface area (Å²) in [6.45, 7) is 6.10. The van der Waals surface area contributed by atoms with Crippen molar-refractivity contribution in [3.8, 4) is 11.4 Å². The van der Waals surface area contributed by atoms with E-state index < -0.39 is 15.5 Å². The summed E-state index contributed by atoms with van der Waals surface area (Å²) in [4.78, 5) is 17.0. The van der Waals surface area contributed by atoms with E-state index in [-0.39, 0.29) is 23.2 Å². The lowest BCUT2D eigenvalue weighted by molar-refractivity contribution is -0.137. The molecule has 1 aliphatic rings. The number of hydrogen-bond donors (Lipinski definition) is 0. The average molecular weight is 469 g/mol. The maximum absolute atomic E-state index is 13.1. The molecule has 0 aliphatic carbocycles. The Kier molecular flexibility index (Phi) is 6.77. The van der Waals surface area contributed by atoms with E-state index in [4.69, 9.17) is 34.8 Å². The van der Waals surface area contributed by atoms with Crippen LogP contribution in [0.15, 0.2) is 24.3 Å². The Labute approximate surface area is 181 Å². The number of anilines is 1. The first-order valence-electron chi connectivity index (χ1n) is 9.06. The maximum Gasteiger partial charge on any atom is 0.416 e. The summed E-state index contributed by atoms with van der Waals surface area (Å²) in [6.07, 6.45) is -3.60. The van der Waals surface area contributed by atoms with Crippen LogP contribution < -0.4 is 4.90 Å². The molecule has 1 aromatic heterocycles. The first kappa shape index (κ1) is 22.3. The number of nitrogens with zero attached hydrogens (tertiary/aromatic N) is 5. The van der Waals surface area contributed by atoms with Crippen LogP contribution in [0.25, 0.3) is 11.4 Å². The molecule has 29 heavy (non-hydrogen) atoms. The molecule has 1 saturated heterocycles. The van der Waals surface area contributed by atoms with Gasteiger partial charge in [0.1, 0.15) is 0 Å². The van der Waals surface area contributed by atoms with Crippen molar-refractivity contribution < 1.29 is 13.2 Å². The van der Waals surface area contributed by atoms with E-state index in [2.05, 4.69) is 26.8 Å². The highest BCUT2D eigenvalue weighted by Crippen LogP contribution is 2.38. The van der Waals surface area contributed by atoms with Gasteiger partial charge in [0.2, 0.25) is 9.74 Å². The zero-order valence-electron chi connectivity index (χ0n) is 15.6. The second kappa shape index (κ2) is 8.79. The van der Waals surface area contributed by atoms with Crippen molar-refractivity contribution in [3.05, 3.63) is 35.7 Å². The van der Waals surface area contributed by atoms with Crippen molar-refractivity contribution in [1.82, 2.24) is 19.9 Å². The molecule has 158 valence electrons. The zero-order valence-corrected chi connectivity index (χ0v) is 17.8. The smallest absolute Gasteiger partial charge is 0.339 e. The van der Waals surface area contributed by atoms with Crippen molar-refractivity contribution in [1.29, 1.82) is 0 Å². The van der Waals surface area contributed by atoms with Crippen LogP contribution in [0.3, 0.4) is 0 Å². The summed E-state index contributed by atoms with van der Waals surface area (Å²) in [5.41, 5.74) is -0.635. The predicted octanol–water partition coefficient (Wildman–Crippen LogP) is 4.92. The van der Waals surface area contributed by atoms with Crippen LogP contribution in [0.1, 0.15) is 24.7 Å². The molecule has 0 saturated carbocycles. The lowest BCUT2D eigenvalue weighted by Gasteiger charge is -2.23. The van der Waals surface area contributed by atoms with Gasteiger partial charge >= 0.3 is 6.18 Å². The van der Waals surface area contributed by atoms with Crippen molar-refractivity contribution in [3.63, 3.8) is 0 Å². The van der Waals surface area contributed by atoms with Crippen molar-refractivity contribution in [2.45, 2.75) is 23.3 Å². The summed E-state index contributed by atoms with van der Waals surface area (Å²) < 4.78 is 37.4. The topological polar surface area (TPSA) is 45.2 Å². The Morgan fingerprint density at radius 2 is 1.76 bits per heavy atom. The SMILES string of the molecule is CCN1CCCN(c2nc(-c3cccc(C(F)(F)F)c3)nc(C(Cl)(Cl)Cl)n2)CC1. The lowest BCUT2D eigenvalue weighted by Crippen LogP contribution is -2.32. The summed E-state index contributed by atoms with van der Waals surface area (Å²) in [7, 11) is 0. The quantitative estimate of drug-likeness (QED) is 0.599. The minimum Gasteiger partial charge on any atom is -0.339 e. The van der Waals surface area contributed by atoms with Crippen LogP contribution in [0.5, 0.6) is 0 Å².